The Morgan fingerprint density at radius 2 is 2.05 bits per heavy atom. The van der Waals surface area contributed by atoms with Gasteiger partial charge in [-0.15, -0.1) is 11.3 Å². The molecule has 0 fully saturated rings. The molecule has 1 aromatic carbocycles. The summed E-state index contributed by atoms with van der Waals surface area (Å²) >= 11 is 5.74. The molecule has 2 N–H and O–H groups in total. The van der Waals surface area contributed by atoms with Gasteiger partial charge in [0.1, 0.15) is 0 Å². The molecule has 1 atom stereocenters. The first-order valence-electron chi connectivity index (χ1n) is 6.66. The normalized spacial score (nSPS) is 11.9. The molecule has 2 amide bonds. The van der Waals surface area contributed by atoms with Gasteiger partial charge in [-0.2, -0.15) is 0 Å². The molecule has 0 aliphatic rings. The van der Waals surface area contributed by atoms with Crippen molar-refractivity contribution in [1.82, 2.24) is 9.62 Å². The summed E-state index contributed by atoms with van der Waals surface area (Å²) in [6.45, 7) is 0.0767. The number of nitrogens with one attached hydrogen (secondary N) is 1. The van der Waals surface area contributed by atoms with Crippen LogP contribution < -0.4 is 5.32 Å². The second-order valence-corrected chi connectivity index (χ2v) is 6.06. The van der Waals surface area contributed by atoms with Gasteiger partial charge in [0.25, 0.3) is 0 Å². The van der Waals surface area contributed by atoms with E-state index in [9.17, 15) is 4.79 Å². The van der Waals surface area contributed by atoms with Crippen molar-refractivity contribution >= 4 is 30.2 Å². The fourth-order valence-corrected chi connectivity index (χ4v) is 2.89. The van der Waals surface area contributed by atoms with E-state index in [4.69, 9.17) is 5.11 Å². The third kappa shape index (κ3) is 4.77. The molecule has 0 aliphatic heterocycles. The van der Waals surface area contributed by atoms with Gasteiger partial charge in [-0.25, -0.2) is 4.79 Å². The molecule has 1 unspecified atom stereocenters. The fourth-order valence-electron chi connectivity index (χ4n) is 1.99. The lowest BCUT2D eigenvalue weighted by molar-refractivity contribution is 0.210. The maximum absolute atomic E-state index is 12.1. The Balaban J connectivity index is 2.10. The topological polar surface area (TPSA) is 52.6 Å². The zero-order valence-corrected chi connectivity index (χ0v) is 13.2. The molecule has 0 bridgehead atoms. The standard InChI is InChI=1S/C15H18N2O2S2/c18-9-8-17(20)15(19)16-14(11-13-7-4-10-21-13)12-5-2-1-3-6-12/h1-7,10,14,18,20H,8-9,11H2,(H,16,19). The van der Waals surface area contributed by atoms with Crippen LogP contribution in [0.5, 0.6) is 0 Å². The second kappa shape index (κ2) is 8.07. The van der Waals surface area contributed by atoms with E-state index >= 15 is 0 Å². The minimum absolute atomic E-state index is 0.113. The van der Waals surface area contributed by atoms with E-state index in [1.54, 1.807) is 11.3 Å². The lowest BCUT2D eigenvalue weighted by atomic mass is 10.0. The van der Waals surface area contributed by atoms with Gasteiger partial charge >= 0.3 is 6.03 Å². The van der Waals surface area contributed by atoms with Crippen LogP contribution in [0.4, 0.5) is 4.79 Å². The molecule has 2 rings (SSSR count). The summed E-state index contributed by atoms with van der Waals surface area (Å²) in [5, 5.41) is 13.9. The van der Waals surface area contributed by atoms with Gasteiger partial charge in [0, 0.05) is 11.3 Å². The molecular formula is C15H18N2O2S2. The molecule has 4 nitrogen and oxygen atoms in total. The Morgan fingerprint density at radius 1 is 1.29 bits per heavy atom. The first-order chi connectivity index (χ1) is 10.2. The average Bonchev–Trinajstić information content (AvgIpc) is 3.00. The van der Waals surface area contributed by atoms with Crippen molar-refractivity contribution in [3.63, 3.8) is 0 Å². The maximum atomic E-state index is 12.1. The van der Waals surface area contributed by atoms with E-state index in [1.165, 1.54) is 9.18 Å². The molecule has 6 heteroatoms. The number of carbonyl (C=O) groups is 1. The Bertz CT molecular complexity index is 546. The Labute approximate surface area is 134 Å². The van der Waals surface area contributed by atoms with Crippen molar-refractivity contribution in [1.29, 1.82) is 0 Å². The molecule has 1 heterocycles. The number of aliphatic hydroxyl groups excluding tert-OH is 1. The molecular weight excluding hydrogens is 304 g/mol. The average molecular weight is 322 g/mol. The van der Waals surface area contributed by atoms with E-state index in [-0.39, 0.29) is 25.2 Å². The summed E-state index contributed by atoms with van der Waals surface area (Å²) in [6.07, 6.45) is 0.730. The van der Waals surface area contributed by atoms with E-state index in [0.717, 1.165) is 12.0 Å². The molecule has 0 saturated carbocycles. The van der Waals surface area contributed by atoms with Crippen LogP contribution in [0, 0.1) is 0 Å². The zero-order valence-electron chi connectivity index (χ0n) is 11.5. The fraction of sp³-hybridized carbons (Fsp3) is 0.267. The summed E-state index contributed by atoms with van der Waals surface area (Å²) in [4.78, 5) is 13.3. The number of nitrogens with zero attached hydrogens (tertiary/aromatic N) is 1. The van der Waals surface area contributed by atoms with E-state index < -0.39 is 0 Å². The number of urea groups is 1. The van der Waals surface area contributed by atoms with Crippen LogP contribution >= 0.6 is 24.2 Å². The number of thiol groups is 1. The number of rotatable bonds is 6. The Morgan fingerprint density at radius 3 is 2.67 bits per heavy atom. The van der Waals surface area contributed by atoms with E-state index in [0.29, 0.717) is 0 Å². The maximum Gasteiger partial charge on any atom is 0.327 e. The summed E-state index contributed by atoms with van der Waals surface area (Å²) in [6, 6.07) is 13.5. The molecule has 0 aliphatic carbocycles. The minimum atomic E-state index is -0.308. The van der Waals surface area contributed by atoms with Crippen LogP contribution in [0.2, 0.25) is 0 Å². The monoisotopic (exact) mass is 322 g/mol. The van der Waals surface area contributed by atoms with Crippen LogP contribution in [-0.4, -0.2) is 28.6 Å². The van der Waals surface area contributed by atoms with Gasteiger partial charge in [-0.1, -0.05) is 49.2 Å². The molecule has 21 heavy (non-hydrogen) atoms. The summed E-state index contributed by atoms with van der Waals surface area (Å²) in [5.41, 5.74) is 1.05. The number of benzene rings is 1. The quantitative estimate of drug-likeness (QED) is 0.716. The second-order valence-electron chi connectivity index (χ2n) is 4.54. The molecule has 0 radical (unpaired) electrons. The van der Waals surface area contributed by atoms with Crippen molar-refractivity contribution < 1.29 is 9.90 Å². The number of hydrogen-bond donors (Lipinski definition) is 3. The summed E-state index contributed by atoms with van der Waals surface area (Å²) in [7, 11) is 0. The number of carbonyl (C=O) groups excluding carboxylic acids is 1. The number of hydrogen-bond acceptors (Lipinski definition) is 4. The molecule has 2 aromatic rings. The molecule has 1 aromatic heterocycles. The summed E-state index contributed by atoms with van der Waals surface area (Å²) in [5.74, 6) is 0. The molecule has 0 saturated heterocycles. The predicted octanol–water partition coefficient (Wildman–Crippen LogP) is 2.88. The Kier molecular flexibility index (Phi) is 6.10. The SMILES string of the molecule is O=C(NC(Cc1cccs1)c1ccccc1)N(S)CCO. The van der Waals surface area contributed by atoms with Crippen LogP contribution in [0.3, 0.4) is 0 Å². The highest BCUT2D eigenvalue weighted by Crippen LogP contribution is 2.21. The highest BCUT2D eigenvalue weighted by Gasteiger charge is 2.18. The van der Waals surface area contributed by atoms with Crippen LogP contribution in [0.25, 0.3) is 0 Å². The molecule has 112 valence electrons. The lowest BCUT2D eigenvalue weighted by Gasteiger charge is -2.22. The van der Waals surface area contributed by atoms with Gasteiger partial charge in [-0.05, 0) is 17.0 Å². The van der Waals surface area contributed by atoms with Gasteiger partial charge < -0.3 is 10.4 Å². The highest BCUT2D eigenvalue weighted by atomic mass is 32.1. The predicted molar refractivity (Wildman–Crippen MR) is 88.5 cm³/mol. The Hall–Kier alpha value is -1.50. The van der Waals surface area contributed by atoms with Crippen molar-refractivity contribution in [2.45, 2.75) is 12.5 Å². The first kappa shape index (κ1) is 15.9. The third-order valence-electron chi connectivity index (χ3n) is 3.03. The van der Waals surface area contributed by atoms with Gasteiger partial charge in [0.15, 0.2) is 0 Å². The van der Waals surface area contributed by atoms with Gasteiger partial charge in [0.2, 0.25) is 0 Å². The van der Waals surface area contributed by atoms with Crippen molar-refractivity contribution in [3.8, 4) is 0 Å². The number of amides is 2. The van der Waals surface area contributed by atoms with E-state index in [2.05, 4.69) is 24.2 Å². The first-order valence-corrected chi connectivity index (χ1v) is 7.93. The largest absolute Gasteiger partial charge is 0.394 e. The lowest BCUT2D eigenvalue weighted by Crippen LogP contribution is -2.38. The number of aliphatic hydroxyl groups is 1. The third-order valence-corrected chi connectivity index (χ3v) is 4.31. The smallest absolute Gasteiger partial charge is 0.327 e. The highest BCUT2D eigenvalue weighted by molar-refractivity contribution is 7.78. The zero-order chi connectivity index (χ0) is 15.1. The minimum Gasteiger partial charge on any atom is -0.394 e. The van der Waals surface area contributed by atoms with Gasteiger partial charge in [0.05, 0.1) is 19.2 Å². The molecule has 0 spiro atoms. The van der Waals surface area contributed by atoms with Crippen LogP contribution in [0.15, 0.2) is 47.8 Å². The van der Waals surface area contributed by atoms with Crippen molar-refractivity contribution in [3.05, 3.63) is 58.3 Å². The number of thiophene rings is 1. The van der Waals surface area contributed by atoms with E-state index in [1.807, 2.05) is 41.8 Å². The van der Waals surface area contributed by atoms with Crippen molar-refractivity contribution in [2.75, 3.05) is 13.2 Å². The van der Waals surface area contributed by atoms with Crippen LogP contribution in [-0.2, 0) is 6.42 Å². The van der Waals surface area contributed by atoms with Crippen molar-refractivity contribution in [2.24, 2.45) is 0 Å². The van der Waals surface area contributed by atoms with Gasteiger partial charge in [-0.3, -0.25) is 4.31 Å². The van der Waals surface area contributed by atoms with Crippen LogP contribution in [0.1, 0.15) is 16.5 Å². The summed E-state index contributed by atoms with van der Waals surface area (Å²) < 4.78 is 1.18.